The van der Waals surface area contributed by atoms with E-state index in [1.807, 2.05) is 60.7 Å². The van der Waals surface area contributed by atoms with Crippen LogP contribution in [0.4, 0.5) is 0 Å². The molecule has 0 spiro atoms. The van der Waals surface area contributed by atoms with Crippen molar-refractivity contribution < 1.29 is 4.79 Å². The van der Waals surface area contributed by atoms with Crippen LogP contribution in [0.25, 0.3) is 21.9 Å². The van der Waals surface area contributed by atoms with E-state index < -0.39 is 0 Å². The van der Waals surface area contributed by atoms with Crippen molar-refractivity contribution in [2.75, 3.05) is 0 Å². The number of benzene rings is 4. The van der Waals surface area contributed by atoms with Gasteiger partial charge in [0.1, 0.15) is 0 Å². The minimum absolute atomic E-state index is 0.107. The molecule has 0 saturated heterocycles. The first-order valence-electron chi connectivity index (χ1n) is 8.76. The summed E-state index contributed by atoms with van der Waals surface area (Å²) in [7, 11) is 0. The lowest BCUT2D eigenvalue weighted by molar-refractivity contribution is 0.105. The van der Waals surface area contributed by atoms with E-state index in [9.17, 15) is 4.79 Å². The van der Waals surface area contributed by atoms with Crippen LogP contribution in [-0.2, 0) is 0 Å². The van der Waals surface area contributed by atoms with Gasteiger partial charge in [0.25, 0.3) is 0 Å². The highest BCUT2D eigenvalue weighted by atomic mass is 16.1. The van der Waals surface area contributed by atoms with Crippen LogP contribution in [-0.4, -0.2) is 5.78 Å². The van der Waals surface area contributed by atoms with Gasteiger partial charge in [0.15, 0.2) is 5.78 Å². The van der Waals surface area contributed by atoms with Gasteiger partial charge in [0.05, 0.1) is 0 Å². The number of carbonyl (C=O) groups excluding carboxylic acids is 1. The van der Waals surface area contributed by atoms with Gasteiger partial charge in [0.2, 0.25) is 0 Å². The molecule has 26 heavy (non-hydrogen) atoms. The molecule has 0 heterocycles. The topological polar surface area (TPSA) is 17.1 Å². The van der Waals surface area contributed by atoms with Crippen molar-refractivity contribution in [3.05, 3.63) is 119 Å². The first-order chi connectivity index (χ1) is 12.8. The maximum absolute atomic E-state index is 13.4. The molecule has 1 heteroatoms. The van der Waals surface area contributed by atoms with Crippen LogP contribution in [0.1, 0.15) is 27.0 Å². The number of rotatable bonds is 2. The first-order valence-corrected chi connectivity index (χ1v) is 8.76. The van der Waals surface area contributed by atoms with Gasteiger partial charge >= 0.3 is 0 Å². The summed E-state index contributed by atoms with van der Waals surface area (Å²) in [5, 5.41) is 2.26. The van der Waals surface area contributed by atoms with Crippen LogP contribution in [0.5, 0.6) is 0 Å². The number of hydrogen-bond acceptors (Lipinski definition) is 1. The van der Waals surface area contributed by atoms with Crippen molar-refractivity contribution in [3.8, 4) is 0 Å². The highest BCUT2D eigenvalue weighted by molar-refractivity contribution is 6.42. The van der Waals surface area contributed by atoms with Gasteiger partial charge in [-0.2, -0.15) is 0 Å². The second-order valence-corrected chi connectivity index (χ2v) is 6.52. The SMILES string of the molecule is O=C1C(c2cccc3ccccc23)=C(c2ccccc2)c2ccccc21. The predicted octanol–water partition coefficient (Wildman–Crippen LogP) is 6.00. The van der Waals surface area contributed by atoms with Crippen LogP contribution in [0.3, 0.4) is 0 Å². The fourth-order valence-corrected chi connectivity index (χ4v) is 3.89. The van der Waals surface area contributed by atoms with E-state index >= 15 is 0 Å². The molecule has 0 unspecified atom stereocenters. The number of fused-ring (bicyclic) bond motifs is 2. The quantitative estimate of drug-likeness (QED) is 0.440. The fourth-order valence-electron chi connectivity index (χ4n) is 3.89. The standard InChI is InChI=1S/C25H16O/c26-25-22-15-7-6-14-21(22)23(18-10-2-1-3-11-18)24(25)20-16-8-12-17-9-4-5-13-19(17)20/h1-16H. The van der Waals surface area contributed by atoms with Crippen molar-refractivity contribution in [1.29, 1.82) is 0 Å². The van der Waals surface area contributed by atoms with Gasteiger partial charge in [-0.1, -0.05) is 97.1 Å². The molecule has 0 fully saturated rings. The molecule has 0 radical (unpaired) electrons. The Labute approximate surface area is 152 Å². The Bertz CT molecular complexity index is 1180. The summed E-state index contributed by atoms with van der Waals surface area (Å²) in [5.41, 5.74) is 5.72. The molecule has 0 aromatic heterocycles. The molecule has 0 N–H and O–H groups in total. The van der Waals surface area contributed by atoms with Crippen LogP contribution in [0, 0.1) is 0 Å². The molecule has 1 aliphatic carbocycles. The van der Waals surface area contributed by atoms with Crippen LogP contribution in [0.2, 0.25) is 0 Å². The minimum atomic E-state index is 0.107. The molecule has 122 valence electrons. The Morgan fingerprint density at radius 1 is 0.462 bits per heavy atom. The number of Topliss-reactive ketones (excluding diaryl/α,β-unsaturated/α-hetero) is 1. The van der Waals surface area contributed by atoms with E-state index in [2.05, 4.69) is 36.4 Å². The average molecular weight is 332 g/mol. The van der Waals surface area contributed by atoms with E-state index in [0.29, 0.717) is 0 Å². The summed E-state index contributed by atoms with van der Waals surface area (Å²) < 4.78 is 0. The van der Waals surface area contributed by atoms with Gasteiger partial charge < -0.3 is 0 Å². The Kier molecular flexibility index (Phi) is 3.32. The third kappa shape index (κ3) is 2.14. The molecule has 0 amide bonds. The zero-order valence-electron chi connectivity index (χ0n) is 14.1. The number of carbonyl (C=O) groups is 1. The van der Waals surface area contributed by atoms with Crippen LogP contribution < -0.4 is 0 Å². The lowest BCUT2D eigenvalue weighted by atomic mass is 9.91. The van der Waals surface area contributed by atoms with Crippen molar-refractivity contribution >= 4 is 27.7 Å². The third-order valence-corrected chi connectivity index (χ3v) is 5.04. The Balaban J connectivity index is 1.89. The zero-order valence-corrected chi connectivity index (χ0v) is 14.1. The molecule has 5 rings (SSSR count). The number of allylic oxidation sites excluding steroid dienone is 1. The second-order valence-electron chi connectivity index (χ2n) is 6.52. The van der Waals surface area contributed by atoms with Gasteiger partial charge in [0, 0.05) is 16.7 Å². The van der Waals surface area contributed by atoms with E-state index in [4.69, 9.17) is 0 Å². The Morgan fingerprint density at radius 2 is 1.08 bits per heavy atom. The monoisotopic (exact) mass is 332 g/mol. The van der Waals surface area contributed by atoms with Crippen molar-refractivity contribution in [1.82, 2.24) is 0 Å². The number of ketones is 1. The van der Waals surface area contributed by atoms with Crippen molar-refractivity contribution in [2.24, 2.45) is 0 Å². The Morgan fingerprint density at radius 3 is 1.92 bits per heavy atom. The molecule has 0 bridgehead atoms. The normalized spacial score (nSPS) is 13.3. The second kappa shape index (κ2) is 5.82. The van der Waals surface area contributed by atoms with Crippen LogP contribution in [0.15, 0.2) is 97.1 Å². The Hall–Kier alpha value is -3.45. The summed E-state index contributed by atoms with van der Waals surface area (Å²) in [6, 6.07) is 32.6. The molecule has 0 saturated carbocycles. The van der Waals surface area contributed by atoms with E-state index in [0.717, 1.165) is 44.2 Å². The zero-order chi connectivity index (χ0) is 17.5. The van der Waals surface area contributed by atoms with E-state index in [1.54, 1.807) is 0 Å². The summed E-state index contributed by atoms with van der Waals surface area (Å²) in [6.45, 7) is 0. The first kappa shape index (κ1) is 14.9. The van der Waals surface area contributed by atoms with Crippen molar-refractivity contribution in [2.45, 2.75) is 0 Å². The van der Waals surface area contributed by atoms with Gasteiger partial charge in [-0.25, -0.2) is 0 Å². The largest absolute Gasteiger partial charge is 0.289 e. The summed E-state index contributed by atoms with van der Waals surface area (Å²) in [4.78, 5) is 13.4. The summed E-state index contributed by atoms with van der Waals surface area (Å²) >= 11 is 0. The molecule has 1 aliphatic rings. The maximum Gasteiger partial charge on any atom is 0.194 e. The lowest BCUT2D eigenvalue weighted by Gasteiger charge is -2.11. The fraction of sp³-hybridized carbons (Fsp3) is 0. The highest BCUT2D eigenvalue weighted by Gasteiger charge is 2.31. The molecule has 4 aromatic carbocycles. The van der Waals surface area contributed by atoms with E-state index in [1.165, 1.54) is 0 Å². The number of hydrogen-bond donors (Lipinski definition) is 0. The summed E-state index contributed by atoms with van der Waals surface area (Å²) in [5.74, 6) is 0.107. The maximum atomic E-state index is 13.4. The highest BCUT2D eigenvalue weighted by Crippen LogP contribution is 2.43. The average Bonchev–Trinajstić information content (AvgIpc) is 3.01. The predicted molar refractivity (Wildman–Crippen MR) is 107 cm³/mol. The summed E-state index contributed by atoms with van der Waals surface area (Å²) in [6.07, 6.45) is 0. The molecular weight excluding hydrogens is 316 g/mol. The molecule has 4 aromatic rings. The smallest absolute Gasteiger partial charge is 0.194 e. The molecule has 1 nitrogen and oxygen atoms in total. The van der Waals surface area contributed by atoms with Gasteiger partial charge in [-0.3, -0.25) is 4.79 Å². The third-order valence-electron chi connectivity index (χ3n) is 5.04. The van der Waals surface area contributed by atoms with Gasteiger partial charge in [-0.15, -0.1) is 0 Å². The van der Waals surface area contributed by atoms with Crippen molar-refractivity contribution in [3.63, 3.8) is 0 Å². The molecule has 0 atom stereocenters. The lowest BCUT2D eigenvalue weighted by Crippen LogP contribution is -1.99. The van der Waals surface area contributed by atoms with Gasteiger partial charge in [-0.05, 0) is 27.5 Å². The van der Waals surface area contributed by atoms with Crippen LogP contribution >= 0.6 is 0 Å². The minimum Gasteiger partial charge on any atom is -0.289 e. The van der Waals surface area contributed by atoms with E-state index in [-0.39, 0.29) is 5.78 Å². The molecular formula is C25H16O. The molecule has 0 aliphatic heterocycles.